The average Bonchev–Trinajstić information content (AvgIpc) is 2.28. The van der Waals surface area contributed by atoms with Gasteiger partial charge in [-0.25, -0.2) is 0 Å². The SMILES string of the molecule is C[C@@H](O)[C@H]1O[C@H](O)[C@H](O)[C@H]1N(C)C. The molecule has 1 aliphatic rings. The van der Waals surface area contributed by atoms with Crippen LogP contribution in [0.4, 0.5) is 0 Å². The first-order valence-corrected chi connectivity index (χ1v) is 4.31. The molecule has 0 saturated carbocycles. The van der Waals surface area contributed by atoms with Crippen LogP contribution in [-0.4, -0.2) is 65.0 Å². The summed E-state index contributed by atoms with van der Waals surface area (Å²) in [6.45, 7) is 1.58. The first kappa shape index (κ1) is 10.9. The third-order valence-electron chi connectivity index (χ3n) is 2.35. The average molecular weight is 191 g/mol. The van der Waals surface area contributed by atoms with Crippen molar-refractivity contribution in [2.75, 3.05) is 14.1 Å². The Morgan fingerprint density at radius 2 is 1.85 bits per heavy atom. The van der Waals surface area contributed by atoms with E-state index >= 15 is 0 Å². The van der Waals surface area contributed by atoms with Crippen molar-refractivity contribution >= 4 is 0 Å². The van der Waals surface area contributed by atoms with Crippen LogP contribution in [0.15, 0.2) is 0 Å². The molecule has 0 bridgehead atoms. The van der Waals surface area contributed by atoms with Crippen molar-refractivity contribution < 1.29 is 20.1 Å². The summed E-state index contributed by atoms with van der Waals surface area (Å²) in [5, 5.41) is 28.1. The molecule has 0 spiro atoms. The molecule has 0 radical (unpaired) electrons. The van der Waals surface area contributed by atoms with Crippen LogP contribution in [0.5, 0.6) is 0 Å². The van der Waals surface area contributed by atoms with Crippen molar-refractivity contribution in [2.24, 2.45) is 0 Å². The van der Waals surface area contributed by atoms with Gasteiger partial charge in [-0.1, -0.05) is 0 Å². The van der Waals surface area contributed by atoms with Gasteiger partial charge in [-0.2, -0.15) is 0 Å². The lowest BCUT2D eigenvalue weighted by molar-refractivity contribution is -0.143. The van der Waals surface area contributed by atoms with Crippen LogP contribution in [0.3, 0.4) is 0 Å². The molecular formula is C8H17NO4. The summed E-state index contributed by atoms with van der Waals surface area (Å²) in [6.07, 6.45) is -3.42. The number of likely N-dealkylation sites (N-methyl/N-ethyl adjacent to an activating group) is 1. The van der Waals surface area contributed by atoms with Crippen molar-refractivity contribution in [3.63, 3.8) is 0 Å². The quantitative estimate of drug-likeness (QED) is 0.489. The fourth-order valence-electron chi connectivity index (χ4n) is 1.68. The summed E-state index contributed by atoms with van der Waals surface area (Å²) in [5.41, 5.74) is 0. The third kappa shape index (κ3) is 2.00. The molecule has 0 aromatic carbocycles. The van der Waals surface area contributed by atoms with Crippen molar-refractivity contribution in [1.82, 2.24) is 4.90 Å². The van der Waals surface area contributed by atoms with E-state index in [9.17, 15) is 15.3 Å². The Labute approximate surface area is 77.5 Å². The van der Waals surface area contributed by atoms with Crippen LogP contribution < -0.4 is 0 Å². The third-order valence-corrected chi connectivity index (χ3v) is 2.35. The summed E-state index contributed by atoms with van der Waals surface area (Å²) in [6, 6.07) is -0.366. The highest BCUT2D eigenvalue weighted by molar-refractivity contribution is 4.93. The zero-order chi connectivity index (χ0) is 10.2. The van der Waals surface area contributed by atoms with Crippen LogP contribution in [0.25, 0.3) is 0 Å². The van der Waals surface area contributed by atoms with E-state index in [0.717, 1.165) is 0 Å². The minimum atomic E-state index is -1.20. The normalized spacial score (nSPS) is 42.7. The molecule has 0 amide bonds. The molecule has 0 aliphatic carbocycles. The maximum atomic E-state index is 9.52. The zero-order valence-corrected chi connectivity index (χ0v) is 8.08. The Morgan fingerprint density at radius 3 is 2.15 bits per heavy atom. The molecule has 78 valence electrons. The monoisotopic (exact) mass is 191 g/mol. The molecule has 5 nitrogen and oxygen atoms in total. The Balaban J connectivity index is 2.74. The van der Waals surface area contributed by atoms with E-state index in [-0.39, 0.29) is 6.04 Å². The largest absolute Gasteiger partial charge is 0.391 e. The maximum absolute atomic E-state index is 9.52. The predicted molar refractivity (Wildman–Crippen MR) is 46.0 cm³/mol. The Hall–Kier alpha value is -0.200. The number of hydrogen-bond acceptors (Lipinski definition) is 5. The van der Waals surface area contributed by atoms with E-state index in [2.05, 4.69) is 0 Å². The summed E-state index contributed by atoms with van der Waals surface area (Å²) >= 11 is 0. The van der Waals surface area contributed by atoms with Gasteiger partial charge in [0, 0.05) is 0 Å². The van der Waals surface area contributed by atoms with Crippen LogP contribution in [0.1, 0.15) is 6.92 Å². The summed E-state index contributed by atoms with van der Waals surface area (Å²) < 4.78 is 5.02. The van der Waals surface area contributed by atoms with Crippen LogP contribution in [0.2, 0.25) is 0 Å². The molecule has 1 saturated heterocycles. The predicted octanol–water partition coefficient (Wildman–Crippen LogP) is -1.62. The van der Waals surface area contributed by atoms with E-state index in [0.29, 0.717) is 0 Å². The van der Waals surface area contributed by atoms with Crippen molar-refractivity contribution in [2.45, 2.75) is 37.6 Å². The number of rotatable bonds is 2. The lowest BCUT2D eigenvalue weighted by Crippen LogP contribution is -2.47. The molecule has 0 aromatic heterocycles. The molecule has 1 aliphatic heterocycles. The Bertz CT molecular complexity index is 174. The molecular weight excluding hydrogens is 174 g/mol. The maximum Gasteiger partial charge on any atom is 0.183 e. The van der Waals surface area contributed by atoms with Gasteiger partial charge in [0.05, 0.1) is 12.1 Å². The molecule has 1 rings (SSSR count). The first-order chi connectivity index (χ1) is 5.95. The van der Waals surface area contributed by atoms with Crippen molar-refractivity contribution in [3.8, 4) is 0 Å². The molecule has 3 N–H and O–H groups in total. The van der Waals surface area contributed by atoms with Gasteiger partial charge in [0.15, 0.2) is 6.29 Å². The van der Waals surface area contributed by atoms with Crippen molar-refractivity contribution in [1.29, 1.82) is 0 Å². The van der Waals surface area contributed by atoms with Crippen molar-refractivity contribution in [3.05, 3.63) is 0 Å². The van der Waals surface area contributed by atoms with Gasteiger partial charge in [0.1, 0.15) is 12.2 Å². The highest BCUT2D eigenvalue weighted by Crippen LogP contribution is 2.25. The molecule has 0 aromatic rings. The summed E-state index contributed by atoms with van der Waals surface area (Å²) in [4.78, 5) is 1.73. The van der Waals surface area contributed by atoms with E-state index in [1.54, 1.807) is 25.9 Å². The zero-order valence-electron chi connectivity index (χ0n) is 8.08. The second kappa shape index (κ2) is 3.89. The molecule has 1 heterocycles. The van der Waals surface area contributed by atoms with Gasteiger partial charge >= 0.3 is 0 Å². The van der Waals surface area contributed by atoms with E-state index in [1.165, 1.54) is 0 Å². The van der Waals surface area contributed by atoms with Gasteiger partial charge in [0.25, 0.3) is 0 Å². The summed E-state index contributed by atoms with van der Waals surface area (Å²) in [7, 11) is 3.54. The molecule has 1 fully saturated rings. The van der Waals surface area contributed by atoms with Gasteiger partial charge in [0.2, 0.25) is 0 Å². The summed E-state index contributed by atoms with van der Waals surface area (Å²) in [5.74, 6) is 0. The highest BCUT2D eigenvalue weighted by atomic mass is 16.6. The lowest BCUT2D eigenvalue weighted by atomic mass is 10.0. The minimum Gasteiger partial charge on any atom is -0.391 e. The fourth-order valence-corrected chi connectivity index (χ4v) is 1.68. The Kier molecular flexibility index (Phi) is 3.26. The van der Waals surface area contributed by atoms with Gasteiger partial charge in [-0.15, -0.1) is 0 Å². The number of hydrogen-bond donors (Lipinski definition) is 3. The number of aliphatic hydroxyl groups excluding tert-OH is 3. The van der Waals surface area contributed by atoms with Gasteiger partial charge in [-0.05, 0) is 21.0 Å². The standard InChI is InChI=1S/C8H17NO4/c1-4(10)7-5(9(2)3)6(11)8(12)13-7/h4-8,10-12H,1-3H3/t4-,5-,6-,7-,8+/m1/s1. The number of nitrogens with zero attached hydrogens (tertiary/aromatic N) is 1. The number of aliphatic hydroxyl groups is 3. The minimum absolute atomic E-state index is 0.366. The number of ether oxygens (including phenoxy) is 1. The van der Waals surface area contributed by atoms with E-state index < -0.39 is 24.6 Å². The smallest absolute Gasteiger partial charge is 0.183 e. The first-order valence-electron chi connectivity index (χ1n) is 4.31. The van der Waals surface area contributed by atoms with Gasteiger partial charge < -0.3 is 25.0 Å². The topological polar surface area (TPSA) is 73.2 Å². The lowest BCUT2D eigenvalue weighted by Gasteiger charge is -2.27. The van der Waals surface area contributed by atoms with Gasteiger partial charge in [-0.3, -0.25) is 0 Å². The molecule has 5 atom stereocenters. The molecule has 13 heavy (non-hydrogen) atoms. The highest BCUT2D eigenvalue weighted by Gasteiger charge is 2.45. The van der Waals surface area contributed by atoms with E-state index in [4.69, 9.17) is 4.74 Å². The fraction of sp³-hybridized carbons (Fsp3) is 1.00. The Morgan fingerprint density at radius 1 is 1.31 bits per heavy atom. The van der Waals surface area contributed by atoms with Crippen LogP contribution in [0, 0.1) is 0 Å². The molecule has 5 heteroatoms. The van der Waals surface area contributed by atoms with E-state index in [1.807, 2.05) is 0 Å². The van der Waals surface area contributed by atoms with Crippen LogP contribution in [-0.2, 0) is 4.74 Å². The second-order valence-electron chi connectivity index (χ2n) is 3.68. The van der Waals surface area contributed by atoms with Crippen LogP contribution >= 0.6 is 0 Å². The molecule has 0 unspecified atom stereocenters. The second-order valence-corrected chi connectivity index (χ2v) is 3.68.